The number of benzene rings is 1. The third-order valence-corrected chi connectivity index (χ3v) is 5.80. The number of hydrogen-bond donors (Lipinski definition) is 2. The zero-order valence-electron chi connectivity index (χ0n) is 16.8. The summed E-state index contributed by atoms with van der Waals surface area (Å²) in [6.45, 7) is 0.488. The Morgan fingerprint density at radius 1 is 1.29 bits per heavy atom. The minimum atomic E-state index is -0.682. The van der Waals surface area contributed by atoms with E-state index in [0.29, 0.717) is 36.5 Å². The van der Waals surface area contributed by atoms with Gasteiger partial charge in [-0.2, -0.15) is 5.26 Å². The molecule has 8 nitrogen and oxygen atoms in total. The highest BCUT2D eigenvalue weighted by atomic mass is 16.2. The molecule has 2 aliphatic rings. The maximum absolute atomic E-state index is 13.2. The largest absolute Gasteiger partial charge is 0.339 e. The lowest BCUT2D eigenvalue weighted by Crippen LogP contribution is -2.41. The minimum absolute atomic E-state index is 0.0821. The van der Waals surface area contributed by atoms with Crippen molar-refractivity contribution in [1.82, 2.24) is 25.1 Å². The molecule has 0 bridgehead atoms. The van der Waals surface area contributed by atoms with Crippen molar-refractivity contribution < 1.29 is 9.59 Å². The number of Topliss-reactive ketones (excluding diaryl/α,β-unsaturated/α-hetero) is 1. The molecule has 3 heterocycles. The van der Waals surface area contributed by atoms with Gasteiger partial charge in [-0.1, -0.05) is 36.4 Å². The van der Waals surface area contributed by atoms with Crippen LogP contribution in [0.4, 0.5) is 0 Å². The van der Waals surface area contributed by atoms with E-state index in [2.05, 4.69) is 26.6 Å². The lowest BCUT2D eigenvalue weighted by atomic mass is 9.92. The number of ketones is 1. The second-order valence-electron chi connectivity index (χ2n) is 7.78. The molecule has 0 fully saturated rings. The number of aromatic nitrogens is 4. The maximum Gasteiger partial charge on any atom is 0.289 e. The Labute approximate surface area is 178 Å². The Hall–Kier alpha value is -3.99. The lowest BCUT2D eigenvalue weighted by molar-refractivity contribution is -0.115. The van der Waals surface area contributed by atoms with Gasteiger partial charge in [0.05, 0.1) is 11.7 Å². The average molecular weight is 412 g/mol. The molecule has 1 aliphatic carbocycles. The Morgan fingerprint density at radius 2 is 2.13 bits per heavy atom. The SMILES string of the molecule is N#Cc1cc2c3n1CCC(NC(=O)c1nnc(Cc4ccccc4)[nH]1)C(=O)C3=CCC2. The zero-order chi connectivity index (χ0) is 21.4. The van der Waals surface area contributed by atoms with E-state index in [-0.39, 0.29) is 11.6 Å². The predicted molar refractivity (Wildman–Crippen MR) is 112 cm³/mol. The summed E-state index contributed by atoms with van der Waals surface area (Å²) in [7, 11) is 0. The van der Waals surface area contributed by atoms with E-state index in [1.807, 2.05) is 47.0 Å². The van der Waals surface area contributed by atoms with Crippen molar-refractivity contribution >= 4 is 17.3 Å². The first-order valence-corrected chi connectivity index (χ1v) is 10.3. The van der Waals surface area contributed by atoms with Gasteiger partial charge in [-0.3, -0.25) is 9.59 Å². The predicted octanol–water partition coefficient (Wildman–Crippen LogP) is 2.17. The van der Waals surface area contributed by atoms with Crippen LogP contribution >= 0.6 is 0 Å². The molecule has 2 N–H and O–H groups in total. The van der Waals surface area contributed by atoms with E-state index in [4.69, 9.17) is 0 Å². The van der Waals surface area contributed by atoms with Gasteiger partial charge in [-0.25, -0.2) is 0 Å². The number of amides is 1. The molecule has 5 rings (SSSR count). The second-order valence-corrected chi connectivity index (χ2v) is 7.78. The van der Waals surface area contributed by atoms with Crippen LogP contribution in [0.1, 0.15) is 51.8 Å². The van der Waals surface area contributed by atoms with Crippen molar-refractivity contribution in [2.24, 2.45) is 0 Å². The summed E-state index contributed by atoms with van der Waals surface area (Å²) in [5.74, 6) is 0.0740. The molecule has 3 aromatic rings. The molecule has 31 heavy (non-hydrogen) atoms. The van der Waals surface area contributed by atoms with Gasteiger partial charge in [0.1, 0.15) is 17.6 Å². The third-order valence-electron chi connectivity index (χ3n) is 5.80. The van der Waals surface area contributed by atoms with E-state index in [1.54, 1.807) is 0 Å². The summed E-state index contributed by atoms with van der Waals surface area (Å²) in [4.78, 5) is 28.9. The molecule has 1 aromatic carbocycles. The first-order valence-electron chi connectivity index (χ1n) is 10.3. The van der Waals surface area contributed by atoms with Crippen LogP contribution in [0.15, 0.2) is 42.5 Å². The molecule has 0 saturated carbocycles. The number of carbonyl (C=O) groups excluding carboxylic acids is 2. The summed E-state index contributed by atoms with van der Waals surface area (Å²) in [5.41, 5.74) is 4.05. The van der Waals surface area contributed by atoms with Gasteiger partial charge in [0.15, 0.2) is 5.78 Å². The molecule has 0 radical (unpaired) electrons. The van der Waals surface area contributed by atoms with Crippen LogP contribution in [0.25, 0.3) is 5.57 Å². The number of hydrogen-bond acceptors (Lipinski definition) is 5. The number of allylic oxidation sites excluding steroid dienone is 1. The summed E-state index contributed by atoms with van der Waals surface area (Å²) >= 11 is 0. The first kappa shape index (κ1) is 19.0. The highest BCUT2D eigenvalue weighted by molar-refractivity contribution is 6.24. The smallest absolute Gasteiger partial charge is 0.289 e. The van der Waals surface area contributed by atoms with Crippen LogP contribution in [0, 0.1) is 11.3 Å². The first-order chi connectivity index (χ1) is 15.1. The number of aromatic amines is 1. The molecular formula is C23H20N6O2. The van der Waals surface area contributed by atoms with Crippen molar-refractivity contribution in [3.8, 4) is 6.07 Å². The number of H-pyrrole nitrogens is 1. The summed E-state index contributed by atoms with van der Waals surface area (Å²) < 4.78 is 1.90. The van der Waals surface area contributed by atoms with Crippen LogP contribution in [-0.4, -0.2) is 37.5 Å². The molecule has 0 spiro atoms. The number of nitrogens with one attached hydrogen (secondary N) is 2. The quantitative estimate of drug-likeness (QED) is 0.681. The van der Waals surface area contributed by atoms with Gasteiger partial charge >= 0.3 is 0 Å². The highest BCUT2D eigenvalue weighted by Gasteiger charge is 2.34. The zero-order valence-corrected chi connectivity index (χ0v) is 16.8. The van der Waals surface area contributed by atoms with Crippen LogP contribution in [0.2, 0.25) is 0 Å². The van der Waals surface area contributed by atoms with Crippen molar-refractivity contribution in [3.63, 3.8) is 0 Å². The third kappa shape index (κ3) is 3.44. The number of carbonyl (C=O) groups is 2. The van der Waals surface area contributed by atoms with Gasteiger partial charge < -0.3 is 14.9 Å². The van der Waals surface area contributed by atoms with Crippen molar-refractivity contribution in [3.05, 3.63) is 76.6 Å². The standard InChI is InChI=1S/C23H20N6O2/c24-13-16-12-15-7-4-8-17-20(15)29(16)10-9-18(21(17)30)25-23(31)22-26-19(27-28-22)11-14-5-2-1-3-6-14/h1-3,5-6,8,12,18H,4,7,9-11H2,(H,25,31)(H,26,27,28). The van der Waals surface area contributed by atoms with E-state index >= 15 is 0 Å². The number of nitriles is 1. The van der Waals surface area contributed by atoms with Gasteiger partial charge in [0.25, 0.3) is 5.91 Å². The van der Waals surface area contributed by atoms with Crippen LogP contribution < -0.4 is 5.32 Å². The number of aryl methyl sites for hydroxylation is 1. The maximum atomic E-state index is 13.2. The fraction of sp³-hybridized carbons (Fsp3) is 0.261. The van der Waals surface area contributed by atoms with Crippen LogP contribution in [0.3, 0.4) is 0 Å². The van der Waals surface area contributed by atoms with E-state index in [0.717, 1.165) is 29.7 Å². The van der Waals surface area contributed by atoms with E-state index in [9.17, 15) is 14.9 Å². The topological polar surface area (TPSA) is 116 Å². The monoisotopic (exact) mass is 412 g/mol. The number of nitrogens with zero attached hydrogens (tertiary/aromatic N) is 4. The van der Waals surface area contributed by atoms with Crippen molar-refractivity contribution in [2.75, 3.05) is 0 Å². The van der Waals surface area contributed by atoms with Gasteiger partial charge in [0.2, 0.25) is 5.82 Å². The molecular weight excluding hydrogens is 392 g/mol. The summed E-state index contributed by atoms with van der Waals surface area (Å²) in [6, 6.07) is 13.2. The van der Waals surface area contributed by atoms with Gasteiger partial charge in [-0.05, 0) is 36.5 Å². The normalized spacial score (nSPS) is 17.3. The van der Waals surface area contributed by atoms with E-state index < -0.39 is 11.9 Å². The molecule has 154 valence electrons. The van der Waals surface area contributed by atoms with Crippen LogP contribution in [0.5, 0.6) is 0 Å². The van der Waals surface area contributed by atoms with Crippen molar-refractivity contribution in [2.45, 2.75) is 38.3 Å². The highest BCUT2D eigenvalue weighted by Crippen LogP contribution is 2.33. The van der Waals surface area contributed by atoms with Crippen LogP contribution in [-0.2, 0) is 24.2 Å². The molecule has 8 heteroatoms. The Kier molecular flexibility index (Phi) is 4.71. The Bertz CT molecular complexity index is 1240. The second kappa shape index (κ2) is 7.69. The summed E-state index contributed by atoms with van der Waals surface area (Å²) in [6.07, 6.45) is 4.41. The molecule has 1 unspecified atom stereocenters. The molecule has 1 atom stereocenters. The molecule has 2 aromatic heterocycles. The average Bonchev–Trinajstić information content (AvgIpc) is 3.37. The summed E-state index contributed by atoms with van der Waals surface area (Å²) in [5, 5.41) is 20.3. The number of rotatable bonds is 4. The fourth-order valence-corrected chi connectivity index (χ4v) is 4.33. The van der Waals surface area contributed by atoms with E-state index in [1.165, 1.54) is 0 Å². The Morgan fingerprint density at radius 3 is 2.94 bits per heavy atom. The minimum Gasteiger partial charge on any atom is -0.339 e. The van der Waals surface area contributed by atoms with Gasteiger partial charge in [-0.15, -0.1) is 10.2 Å². The fourth-order valence-electron chi connectivity index (χ4n) is 4.33. The Balaban J connectivity index is 1.34. The lowest BCUT2D eigenvalue weighted by Gasteiger charge is -2.17. The van der Waals surface area contributed by atoms with Gasteiger partial charge in [0, 0.05) is 18.5 Å². The molecule has 1 aliphatic heterocycles. The van der Waals surface area contributed by atoms with Crippen molar-refractivity contribution in [1.29, 1.82) is 5.26 Å². The molecule has 1 amide bonds. The molecule has 0 saturated heterocycles.